The van der Waals surface area contributed by atoms with Gasteiger partial charge in [0.2, 0.25) is 0 Å². The minimum Gasteiger partial charge on any atom is -0.230 e. The third-order valence-corrected chi connectivity index (χ3v) is 4.73. The summed E-state index contributed by atoms with van der Waals surface area (Å²) in [5, 5.41) is 5.19. The van der Waals surface area contributed by atoms with Crippen molar-refractivity contribution >= 4 is 21.5 Å². The Bertz CT molecular complexity index is 1050. The summed E-state index contributed by atoms with van der Waals surface area (Å²) in [5.41, 5.74) is 3.78. The summed E-state index contributed by atoms with van der Waals surface area (Å²) in [6.45, 7) is 4.22. The number of nitrogens with zero attached hydrogens (tertiary/aromatic N) is 2. The Kier molecular flexibility index (Phi) is 3.12. The van der Waals surface area contributed by atoms with Crippen LogP contribution in [0.3, 0.4) is 0 Å². The van der Waals surface area contributed by atoms with E-state index in [-0.39, 0.29) is 0 Å². The second-order valence-electron chi connectivity index (χ2n) is 6.08. The molecule has 0 spiro atoms. The normalized spacial score (nSPS) is 11.3. The molecule has 0 unspecified atom stereocenters. The highest BCUT2D eigenvalue weighted by Gasteiger charge is 2.16. The van der Waals surface area contributed by atoms with Crippen molar-refractivity contribution in [1.82, 2.24) is 4.98 Å². The third kappa shape index (κ3) is 2.10. The lowest BCUT2D eigenvalue weighted by atomic mass is 9.93. The first-order valence-electron chi connectivity index (χ1n) is 7.90. The molecule has 112 valence electrons. The summed E-state index contributed by atoms with van der Waals surface area (Å²) in [4.78, 5) is 4.39. The number of hydrogen-bond donors (Lipinski definition) is 0. The lowest BCUT2D eigenvalue weighted by molar-refractivity contribution is -0.669. The van der Waals surface area contributed by atoms with Crippen LogP contribution in [0.25, 0.3) is 32.8 Å². The van der Waals surface area contributed by atoms with Crippen LogP contribution >= 0.6 is 0 Å². The maximum Gasteiger partial charge on any atom is 0.295 e. The first-order valence-corrected chi connectivity index (χ1v) is 7.90. The molecule has 0 N–H and O–H groups in total. The fourth-order valence-corrected chi connectivity index (χ4v) is 3.38. The molecule has 0 radical (unpaired) electrons. The number of aryl methyl sites for hydroxylation is 2. The van der Waals surface area contributed by atoms with Gasteiger partial charge in [0.1, 0.15) is 11.9 Å². The number of hydrogen-bond acceptors (Lipinski definition) is 1. The van der Waals surface area contributed by atoms with E-state index in [4.69, 9.17) is 0 Å². The van der Waals surface area contributed by atoms with E-state index < -0.39 is 0 Å². The molecule has 0 aliphatic rings. The highest BCUT2D eigenvalue weighted by atomic mass is 15.0. The van der Waals surface area contributed by atoms with Crippen molar-refractivity contribution in [3.05, 3.63) is 72.2 Å². The maximum atomic E-state index is 4.39. The van der Waals surface area contributed by atoms with Gasteiger partial charge in [0, 0.05) is 18.6 Å². The summed E-state index contributed by atoms with van der Waals surface area (Å²) >= 11 is 0. The molecule has 2 heteroatoms. The summed E-state index contributed by atoms with van der Waals surface area (Å²) in [6.07, 6.45) is 1.89. The zero-order chi connectivity index (χ0) is 16.0. The topological polar surface area (TPSA) is 16.8 Å². The van der Waals surface area contributed by atoms with Gasteiger partial charge in [0.05, 0.1) is 7.05 Å². The average molecular weight is 299 g/mol. The molecule has 4 rings (SSSR count). The first kappa shape index (κ1) is 13.9. The van der Waals surface area contributed by atoms with Gasteiger partial charge in [-0.05, 0) is 34.0 Å². The average Bonchev–Trinajstić information content (AvgIpc) is 2.57. The molecule has 2 nitrogen and oxygen atoms in total. The summed E-state index contributed by atoms with van der Waals surface area (Å²) in [6, 6.07) is 19.6. The number of aromatic nitrogens is 2. The van der Waals surface area contributed by atoms with Gasteiger partial charge in [-0.2, -0.15) is 0 Å². The van der Waals surface area contributed by atoms with Crippen molar-refractivity contribution in [3.8, 4) is 11.3 Å². The monoisotopic (exact) mass is 299 g/mol. The Hall–Kier alpha value is -2.74. The van der Waals surface area contributed by atoms with Gasteiger partial charge < -0.3 is 0 Å². The predicted octanol–water partition coefficient (Wildman–Crippen LogP) is 4.50. The largest absolute Gasteiger partial charge is 0.295 e. The van der Waals surface area contributed by atoms with Crippen LogP contribution in [0.2, 0.25) is 0 Å². The second-order valence-corrected chi connectivity index (χ2v) is 6.08. The molecule has 0 fully saturated rings. The van der Waals surface area contributed by atoms with E-state index >= 15 is 0 Å². The van der Waals surface area contributed by atoms with Crippen LogP contribution in [-0.4, -0.2) is 4.98 Å². The van der Waals surface area contributed by atoms with E-state index in [1.54, 1.807) is 0 Å². The SMILES string of the molecule is Cc1ccc2c(ccc3ccccc32)c1-c1ccnc(C)[n+]1C. The Morgan fingerprint density at radius 3 is 2.43 bits per heavy atom. The molecule has 0 aliphatic heterocycles. The number of benzene rings is 3. The Morgan fingerprint density at radius 1 is 0.783 bits per heavy atom. The van der Waals surface area contributed by atoms with E-state index in [1.807, 2.05) is 13.1 Å². The molecule has 1 aromatic heterocycles. The van der Waals surface area contributed by atoms with Crippen LogP contribution in [0, 0.1) is 13.8 Å². The Morgan fingerprint density at radius 2 is 1.57 bits per heavy atom. The molecule has 0 saturated heterocycles. The molecule has 0 aliphatic carbocycles. The van der Waals surface area contributed by atoms with Gasteiger partial charge in [-0.1, -0.05) is 53.5 Å². The van der Waals surface area contributed by atoms with Gasteiger partial charge >= 0.3 is 0 Å². The molecule has 3 aromatic carbocycles. The van der Waals surface area contributed by atoms with Gasteiger partial charge in [-0.25, -0.2) is 4.57 Å². The zero-order valence-corrected chi connectivity index (χ0v) is 13.7. The van der Waals surface area contributed by atoms with Crippen LogP contribution in [0.1, 0.15) is 11.4 Å². The molecule has 0 atom stereocenters. The first-order chi connectivity index (χ1) is 11.2. The highest BCUT2D eigenvalue weighted by molar-refractivity contribution is 6.12. The second kappa shape index (κ2) is 5.17. The fourth-order valence-electron chi connectivity index (χ4n) is 3.38. The van der Waals surface area contributed by atoms with Gasteiger partial charge in [-0.15, -0.1) is 0 Å². The number of rotatable bonds is 1. The zero-order valence-electron chi connectivity index (χ0n) is 13.7. The minimum atomic E-state index is 1.01. The van der Waals surface area contributed by atoms with Crippen molar-refractivity contribution in [2.75, 3.05) is 0 Å². The maximum absolute atomic E-state index is 4.39. The van der Waals surface area contributed by atoms with E-state index in [0.717, 1.165) is 5.82 Å². The van der Waals surface area contributed by atoms with Gasteiger partial charge in [-0.3, -0.25) is 0 Å². The fraction of sp³-hybridized carbons (Fsp3) is 0.143. The van der Waals surface area contributed by atoms with Crippen molar-refractivity contribution in [3.63, 3.8) is 0 Å². The quantitative estimate of drug-likeness (QED) is 0.373. The van der Waals surface area contributed by atoms with Crippen molar-refractivity contribution < 1.29 is 4.57 Å². The van der Waals surface area contributed by atoms with Crippen LogP contribution in [-0.2, 0) is 7.05 Å². The smallest absolute Gasteiger partial charge is 0.230 e. The van der Waals surface area contributed by atoms with E-state index in [0.29, 0.717) is 0 Å². The summed E-state index contributed by atoms with van der Waals surface area (Å²) in [7, 11) is 2.08. The molecule has 0 amide bonds. The van der Waals surface area contributed by atoms with Gasteiger partial charge in [0.25, 0.3) is 5.82 Å². The van der Waals surface area contributed by atoms with Crippen LogP contribution in [0.5, 0.6) is 0 Å². The lowest BCUT2D eigenvalue weighted by Crippen LogP contribution is -2.35. The van der Waals surface area contributed by atoms with Crippen molar-refractivity contribution in [1.29, 1.82) is 0 Å². The molecule has 0 saturated carbocycles. The van der Waals surface area contributed by atoms with Crippen molar-refractivity contribution in [2.45, 2.75) is 13.8 Å². The number of fused-ring (bicyclic) bond motifs is 3. The summed E-state index contributed by atoms with van der Waals surface area (Å²) in [5.74, 6) is 1.01. The van der Waals surface area contributed by atoms with Crippen molar-refractivity contribution in [2.24, 2.45) is 7.05 Å². The predicted molar refractivity (Wildman–Crippen MR) is 95.3 cm³/mol. The molecule has 0 bridgehead atoms. The Balaban J connectivity index is 2.16. The van der Waals surface area contributed by atoms with E-state index in [1.165, 1.54) is 38.4 Å². The van der Waals surface area contributed by atoms with E-state index in [9.17, 15) is 0 Å². The van der Waals surface area contributed by atoms with Gasteiger partial charge in [0.15, 0.2) is 0 Å². The molecule has 23 heavy (non-hydrogen) atoms. The molecule has 4 aromatic rings. The minimum absolute atomic E-state index is 1.01. The van der Waals surface area contributed by atoms with Crippen LogP contribution in [0.15, 0.2) is 60.8 Å². The molecular formula is C21H19N2+. The molecular weight excluding hydrogens is 280 g/mol. The lowest BCUT2D eigenvalue weighted by Gasteiger charge is -2.13. The van der Waals surface area contributed by atoms with Crippen LogP contribution in [0.4, 0.5) is 0 Å². The molecule has 1 heterocycles. The van der Waals surface area contributed by atoms with E-state index in [2.05, 4.69) is 78.1 Å². The Labute approximate surface area is 136 Å². The third-order valence-electron chi connectivity index (χ3n) is 4.73. The standard InChI is InChI=1S/C21H19N2/c1-14-8-10-18-17-7-5-4-6-16(17)9-11-19(18)21(14)20-12-13-22-15(2)23(20)3/h4-13H,1-3H3/q+1. The summed E-state index contributed by atoms with van der Waals surface area (Å²) < 4.78 is 2.16. The van der Waals surface area contributed by atoms with Crippen LogP contribution < -0.4 is 4.57 Å². The highest BCUT2D eigenvalue weighted by Crippen LogP contribution is 2.34.